The molecule has 0 aliphatic rings. The van der Waals surface area contributed by atoms with Crippen LogP contribution in [-0.4, -0.2) is 13.0 Å². The van der Waals surface area contributed by atoms with E-state index in [1.165, 1.54) is 5.56 Å². The van der Waals surface area contributed by atoms with Crippen molar-refractivity contribution in [3.05, 3.63) is 29.8 Å². The molecular formula is C13H19NO. The number of aryl methyl sites for hydroxylation is 1. The number of carbonyl (C=O) groups excluding carboxylic acids is 1. The van der Waals surface area contributed by atoms with Gasteiger partial charge in [0.2, 0.25) is 5.91 Å². The first-order valence-electron chi connectivity index (χ1n) is 5.54. The number of anilines is 1. The minimum Gasteiger partial charge on any atom is -0.316 e. The smallest absolute Gasteiger partial charge is 0.226 e. The molecule has 0 radical (unpaired) electrons. The van der Waals surface area contributed by atoms with E-state index in [9.17, 15) is 4.79 Å². The summed E-state index contributed by atoms with van der Waals surface area (Å²) >= 11 is 0. The monoisotopic (exact) mass is 205 g/mol. The molecule has 1 aromatic carbocycles. The summed E-state index contributed by atoms with van der Waals surface area (Å²) in [5.41, 5.74) is 2.31. The first-order valence-corrected chi connectivity index (χ1v) is 5.54. The van der Waals surface area contributed by atoms with Crippen LogP contribution in [-0.2, 0) is 11.2 Å². The molecule has 0 fully saturated rings. The van der Waals surface area contributed by atoms with Crippen LogP contribution < -0.4 is 4.90 Å². The van der Waals surface area contributed by atoms with Gasteiger partial charge < -0.3 is 4.90 Å². The van der Waals surface area contributed by atoms with Crippen LogP contribution in [0, 0.1) is 0 Å². The molecule has 2 heteroatoms. The second-order valence-electron chi connectivity index (χ2n) is 3.72. The predicted molar refractivity (Wildman–Crippen MR) is 64.1 cm³/mol. The molecule has 0 N–H and O–H groups in total. The lowest BCUT2D eigenvalue weighted by Crippen LogP contribution is -2.24. The Morgan fingerprint density at radius 1 is 1.20 bits per heavy atom. The molecule has 15 heavy (non-hydrogen) atoms. The lowest BCUT2D eigenvalue weighted by Gasteiger charge is -2.16. The van der Waals surface area contributed by atoms with E-state index < -0.39 is 0 Å². The number of amides is 1. The fraction of sp³-hybridized carbons (Fsp3) is 0.462. The van der Waals surface area contributed by atoms with Gasteiger partial charge in [0.15, 0.2) is 0 Å². The van der Waals surface area contributed by atoms with E-state index in [2.05, 4.69) is 19.1 Å². The number of rotatable bonds is 4. The molecule has 2 nitrogen and oxygen atoms in total. The Hall–Kier alpha value is -1.31. The van der Waals surface area contributed by atoms with Crippen LogP contribution in [0.2, 0.25) is 0 Å². The van der Waals surface area contributed by atoms with Crippen LogP contribution in [0.3, 0.4) is 0 Å². The molecule has 0 saturated heterocycles. The van der Waals surface area contributed by atoms with Crippen LogP contribution in [0.1, 0.15) is 32.3 Å². The highest BCUT2D eigenvalue weighted by atomic mass is 16.2. The van der Waals surface area contributed by atoms with Crippen molar-refractivity contribution in [1.82, 2.24) is 0 Å². The maximum atomic E-state index is 11.4. The van der Waals surface area contributed by atoms with Gasteiger partial charge in [-0.05, 0) is 24.1 Å². The van der Waals surface area contributed by atoms with E-state index in [0.29, 0.717) is 6.42 Å². The normalized spacial score (nSPS) is 10.1. The van der Waals surface area contributed by atoms with Crippen molar-refractivity contribution in [3.63, 3.8) is 0 Å². The second-order valence-corrected chi connectivity index (χ2v) is 3.72. The van der Waals surface area contributed by atoms with Crippen LogP contribution in [0.25, 0.3) is 0 Å². The SMILES string of the molecule is CCCc1ccc(N(C)C(=O)CC)cc1. The largest absolute Gasteiger partial charge is 0.316 e. The van der Waals surface area contributed by atoms with Crippen LogP contribution in [0.15, 0.2) is 24.3 Å². The highest BCUT2D eigenvalue weighted by Gasteiger charge is 2.07. The first kappa shape index (κ1) is 11.8. The zero-order valence-electron chi connectivity index (χ0n) is 9.79. The summed E-state index contributed by atoms with van der Waals surface area (Å²) in [6, 6.07) is 8.22. The third kappa shape index (κ3) is 3.08. The number of hydrogen-bond donors (Lipinski definition) is 0. The Kier molecular flexibility index (Phi) is 4.35. The van der Waals surface area contributed by atoms with Gasteiger partial charge in [0.25, 0.3) is 0 Å². The maximum Gasteiger partial charge on any atom is 0.226 e. The Bertz CT molecular complexity index is 316. The number of nitrogens with zero attached hydrogens (tertiary/aromatic N) is 1. The quantitative estimate of drug-likeness (QED) is 0.740. The lowest BCUT2D eigenvalue weighted by molar-refractivity contribution is -0.118. The molecule has 0 saturated carbocycles. The van der Waals surface area contributed by atoms with Gasteiger partial charge in [0.05, 0.1) is 0 Å². The van der Waals surface area contributed by atoms with Crippen LogP contribution in [0.5, 0.6) is 0 Å². The topological polar surface area (TPSA) is 20.3 Å². The number of benzene rings is 1. The molecule has 0 aromatic heterocycles. The van der Waals surface area contributed by atoms with Gasteiger partial charge in [0, 0.05) is 19.2 Å². The highest BCUT2D eigenvalue weighted by molar-refractivity contribution is 5.92. The van der Waals surface area contributed by atoms with Gasteiger partial charge in [0.1, 0.15) is 0 Å². The zero-order valence-corrected chi connectivity index (χ0v) is 9.79. The van der Waals surface area contributed by atoms with Crippen LogP contribution >= 0.6 is 0 Å². The van der Waals surface area contributed by atoms with Crippen molar-refractivity contribution < 1.29 is 4.79 Å². The van der Waals surface area contributed by atoms with Gasteiger partial charge in [-0.15, -0.1) is 0 Å². The van der Waals surface area contributed by atoms with E-state index >= 15 is 0 Å². The Morgan fingerprint density at radius 2 is 1.80 bits per heavy atom. The third-order valence-corrected chi connectivity index (χ3v) is 2.54. The van der Waals surface area contributed by atoms with Crippen molar-refractivity contribution >= 4 is 11.6 Å². The third-order valence-electron chi connectivity index (χ3n) is 2.54. The van der Waals surface area contributed by atoms with Gasteiger partial charge in [-0.25, -0.2) is 0 Å². The van der Waals surface area contributed by atoms with E-state index in [0.717, 1.165) is 18.5 Å². The molecule has 1 aromatic rings. The van der Waals surface area contributed by atoms with Crippen LogP contribution in [0.4, 0.5) is 5.69 Å². The van der Waals surface area contributed by atoms with E-state index in [4.69, 9.17) is 0 Å². The summed E-state index contributed by atoms with van der Waals surface area (Å²) in [4.78, 5) is 13.2. The van der Waals surface area contributed by atoms with Crippen molar-refractivity contribution in [2.45, 2.75) is 33.1 Å². The molecule has 0 aliphatic heterocycles. The predicted octanol–water partition coefficient (Wildman–Crippen LogP) is 3.01. The Labute approximate surface area is 91.9 Å². The second kappa shape index (κ2) is 5.54. The fourth-order valence-corrected chi connectivity index (χ4v) is 1.56. The van der Waals surface area contributed by atoms with Gasteiger partial charge in [-0.2, -0.15) is 0 Å². The van der Waals surface area contributed by atoms with E-state index in [-0.39, 0.29) is 5.91 Å². The average Bonchev–Trinajstić information content (AvgIpc) is 2.28. The van der Waals surface area contributed by atoms with Gasteiger partial charge in [-0.1, -0.05) is 32.4 Å². The van der Waals surface area contributed by atoms with Gasteiger partial charge in [-0.3, -0.25) is 4.79 Å². The summed E-state index contributed by atoms with van der Waals surface area (Å²) < 4.78 is 0. The summed E-state index contributed by atoms with van der Waals surface area (Å²) in [5, 5.41) is 0. The fourth-order valence-electron chi connectivity index (χ4n) is 1.56. The van der Waals surface area contributed by atoms with E-state index in [1.54, 1.807) is 4.90 Å². The number of carbonyl (C=O) groups is 1. The average molecular weight is 205 g/mol. The summed E-state index contributed by atoms with van der Waals surface area (Å²) in [6.45, 7) is 4.05. The van der Waals surface area contributed by atoms with Crippen molar-refractivity contribution in [2.75, 3.05) is 11.9 Å². The minimum atomic E-state index is 0.151. The molecule has 0 heterocycles. The Morgan fingerprint density at radius 3 is 2.27 bits per heavy atom. The molecule has 1 rings (SSSR count). The molecule has 82 valence electrons. The van der Waals surface area contributed by atoms with Crippen molar-refractivity contribution in [1.29, 1.82) is 0 Å². The maximum absolute atomic E-state index is 11.4. The standard InChI is InChI=1S/C13H19NO/c1-4-6-11-7-9-12(10-8-11)14(3)13(15)5-2/h7-10H,4-6H2,1-3H3. The molecule has 0 aliphatic carbocycles. The van der Waals surface area contributed by atoms with Crippen molar-refractivity contribution in [3.8, 4) is 0 Å². The minimum absolute atomic E-state index is 0.151. The molecular weight excluding hydrogens is 186 g/mol. The molecule has 0 bridgehead atoms. The van der Waals surface area contributed by atoms with Gasteiger partial charge >= 0.3 is 0 Å². The Balaban J connectivity index is 2.75. The lowest BCUT2D eigenvalue weighted by atomic mass is 10.1. The number of hydrogen-bond acceptors (Lipinski definition) is 1. The molecule has 1 amide bonds. The van der Waals surface area contributed by atoms with Crippen molar-refractivity contribution in [2.24, 2.45) is 0 Å². The summed E-state index contributed by atoms with van der Waals surface area (Å²) in [6.07, 6.45) is 2.81. The first-order chi connectivity index (χ1) is 7.19. The van der Waals surface area contributed by atoms with E-state index in [1.807, 2.05) is 26.1 Å². The summed E-state index contributed by atoms with van der Waals surface area (Å²) in [5.74, 6) is 0.151. The molecule has 0 unspecified atom stereocenters. The molecule has 0 spiro atoms. The molecule has 0 atom stereocenters. The zero-order chi connectivity index (χ0) is 11.3. The highest BCUT2D eigenvalue weighted by Crippen LogP contribution is 2.15. The summed E-state index contributed by atoms with van der Waals surface area (Å²) in [7, 11) is 1.82.